The van der Waals surface area contributed by atoms with Crippen molar-refractivity contribution in [1.82, 2.24) is 5.32 Å². The molecule has 1 aromatic rings. The number of aliphatic hydroxyl groups is 1. The number of ether oxygens (including phenoxy) is 2. The molecule has 5 heteroatoms. The van der Waals surface area contributed by atoms with Crippen LogP contribution in [0.15, 0.2) is 24.3 Å². The predicted octanol–water partition coefficient (Wildman–Crippen LogP) is 2.17. The number of aliphatic hydroxyl groups excluding tert-OH is 1. The van der Waals surface area contributed by atoms with Gasteiger partial charge < -0.3 is 19.9 Å². The van der Waals surface area contributed by atoms with E-state index in [0.717, 1.165) is 17.9 Å². The van der Waals surface area contributed by atoms with Crippen LogP contribution in [-0.2, 0) is 0 Å². The number of nitrogens with one attached hydrogen (secondary N) is 1. The van der Waals surface area contributed by atoms with Gasteiger partial charge in [0.05, 0.1) is 7.11 Å². The van der Waals surface area contributed by atoms with E-state index in [4.69, 9.17) is 9.47 Å². The lowest BCUT2D eigenvalue weighted by atomic mass is 10.2. The monoisotopic (exact) mass is 299 g/mol. The molecule has 114 valence electrons. The molecule has 0 amide bonds. The minimum absolute atomic E-state index is 0.273. The molecule has 0 aliphatic carbocycles. The molecule has 0 aliphatic heterocycles. The summed E-state index contributed by atoms with van der Waals surface area (Å²) >= 11 is 1.84. The second kappa shape index (κ2) is 9.91. The van der Waals surface area contributed by atoms with Gasteiger partial charge in [0.25, 0.3) is 0 Å². The Morgan fingerprint density at radius 1 is 1.35 bits per heavy atom. The van der Waals surface area contributed by atoms with Crippen molar-refractivity contribution < 1.29 is 14.6 Å². The highest BCUT2D eigenvalue weighted by Gasteiger charge is 2.08. The van der Waals surface area contributed by atoms with Gasteiger partial charge in [-0.2, -0.15) is 11.8 Å². The molecule has 2 atom stereocenters. The van der Waals surface area contributed by atoms with Crippen LogP contribution in [0.4, 0.5) is 0 Å². The molecule has 2 N–H and O–H groups in total. The summed E-state index contributed by atoms with van der Waals surface area (Å²) < 4.78 is 10.7. The third kappa shape index (κ3) is 7.03. The third-order valence-corrected chi connectivity index (χ3v) is 3.58. The van der Waals surface area contributed by atoms with Crippen LogP contribution in [0, 0.1) is 0 Å². The van der Waals surface area contributed by atoms with E-state index in [0.29, 0.717) is 18.3 Å². The Labute approximate surface area is 125 Å². The zero-order valence-corrected chi connectivity index (χ0v) is 13.3. The maximum absolute atomic E-state index is 9.89. The molecule has 0 saturated carbocycles. The molecule has 1 aromatic carbocycles. The van der Waals surface area contributed by atoms with Crippen molar-refractivity contribution in [3.05, 3.63) is 24.3 Å². The topological polar surface area (TPSA) is 50.7 Å². The Bertz CT molecular complexity index is 376. The zero-order valence-electron chi connectivity index (χ0n) is 12.5. The first-order chi connectivity index (χ1) is 9.65. The molecule has 0 fully saturated rings. The molecular weight excluding hydrogens is 274 g/mol. The lowest BCUT2D eigenvalue weighted by Gasteiger charge is -2.17. The molecule has 0 saturated heterocycles. The Morgan fingerprint density at radius 3 is 2.80 bits per heavy atom. The molecule has 0 unspecified atom stereocenters. The minimum atomic E-state index is -0.516. The van der Waals surface area contributed by atoms with Gasteiger partial charge in [-0.1, -0.05) is 6.07 Å². The van der Waals surface area contributed by atoms with Crippen molar-refractivity contribution in [2.75, 3.05) is 32.3 Å². The first-order valence-electron chi connectivity index (χ1n) is 6.83. The average Bonchev–Trinajstić information content (AvgIpc) is 2.49. The van der Waals surface area contributed by atoms with E-state index in [-0.39, 0.29) is 6.61 Å². The van der Waals surface area contributed by atoms with Gasteiger partial charge in [-0.3, -0.25) is 0 Å². The molecule has 0 heterocycles. The maximum atomic E-state index is 9.89. The molecule has 0 aliphatic rings. The van der Waals surface area contributed by atoms with Crippen LogP contribution in [0.1, 0.15) is 13.3 Å². The van der Waals surface area contributed by atoms with Crippen LogP contribution in [0.5, 0.6) is 11.5 Å². The van der Waals surface area contributed by atoms with Crippen LogP contribution in [0.3, 0.4) is 0 Å². The van der Waals surface area contributed by atoms with Gasteiger partial charge in [0.2, 0.25) is 0 Å². The quantitative estimate of drug-likeness (QED) is 0.693. The van der Waals surface area contributed by atoms with Crippen LogP contribution in [0.25, 0.3) is 0 Å². The van der Waals surface area contributed by atoms with Crippen molar-refractivity contribution in [3.63, 3.8) is 0 Å². The average molecular weight is 299 g/mol. The van der Waals surface area contributed by atoms with Gasteiger partial charge in [-0.15, -0.1) is 0 Å². The molecule has 0 bridgehead atoms. The smallest absolute Gasteiger partial charge is 0.123 e. The highest BCUT2D eigenvalue weighted by molar-refractivity contribution is 7.98. The van der Waals surface area contributed by atoms with Crippen LogP contribution in [-0.4, -0.2) is 49.5 Å². The first kappa shape index (κ1) is 17.1. The van der Waals surface area contributed by atoms with Gasteiger partial charge >= 0.3 is 0 Å². The molecule has 0 radical (unpaired) electrons. The zero-order chi connectivity index (χ0) is 14.8. The molecule has 1 rings (SSSR count). The lowest BCUT2D eigenvalue weighted by molar-refractivity contribution is 0.104. The van der Waals surface area contributed by atoms with Crippen molar-refractivity contribution in [3.8, 4) is 11.5 Å². The highest BCUT2D eigenvalue weighted by atomic mass is 32.2. The Balaban J connectivity index is 2.23. The minimum Gasteiger partial charge on any atom is -0.497 e. The molecule has 4 nitrogen and oxygen atoms in total. The second-order valence-electron chi connectivity index (χ2n) is 4.73. The predicted molar refractivity (Wildman–Crippen MR) is 85.0 cm³/mol. The van der Waals surface area contributed by atoms with Crippen LogP contribution in [0.2, 0.25) is 0 Å². The summed E-state index contributed by atoms with van der Waals surface area (Å²) in [5.41, 5.74) is 0. The molecule has 20 heavy (non-hydrogen) atoms. The molecule has 0 spiro atoms. The van der Waals surface area contributed by atoms with Crippen LogP contribution < -0.4 is 14.8 Å². The fraction of sp³-hybridized carbons (Fsp3) is 0.600. The fourth-order valence-electron chi connectivity index (χ4n) is 1.68. The largest absolute Gasteiger partial charge is 0.497 e. The number of methoxy groups -OCH3 is 1. The summed E-state index contributed by atoms with van der Waals surface area (Å²) in [5.74, 6) is 2.59. The van der Waals surface area contributed by atoms with Gasteiger partial charge in [0.1, 0.15) is 24.2 Å². The summed E-state index contributed by atoms with van der Waals surface area (Å²) in [6, 6.07) is 7.79. The molecular formula is C15H25NO3S. The summed E-state index contributed by atoms with van der Waals surface area (Å²) in [5, 5.41) is 13.2. The summed E-state index contributed by atoms with van der Waals surface area (Å²) in [7, 11) is 1.62. The normalized spacial score (nSPS) is 13.8. The van der Waals surface area contributed by atoms with E-state index in [1.807, 2.05) is 30.0 Å². The second-order valence-corrected chi connectivity index (χ2v) is 5.72. The standard InChI is InChI=1S/C15H25NO3S/c1-12(7-8-20-3)16-10-13(17)11-19-15-6-4-5-14(9-15)18-2/h4-6,9,12-13,16-17H,7-8,10-11H2,1-3H3/t12-,13+/m1/s1. The summed E-state index contributed by atoms with van der Waals surface area (Å²) in [4.78, 5) is 0. The fourth-order valence-corrected chi connectivity index (χ4v) is 2.27. The summed E-state index contributed by atoms with van der Waals surface area (Å²) in [6.07, 6.45) is 2.69. The van der Waals surface area contributed by atoms with Gasteiger partial charge in [-0.25, -0.2) is 0 Å². The Morgan fingerprint density at radius 2 is 2.10 bits per heavy atom. The number of benzene rings is 1. The SMILES string of the molecule is COc1cccc(OC[C@@H](O)CN[C@H](C)CCSC)c1. The van der Waals surface area contributed by atoms with E-state index in [1.54, 1.807) is 13.2 Å². The highest BCUT2D eigenvalue weighted by Crippen LogP contribution is 2.18. The number of hydrogen-bond donors (Lipinski definition) is 2. The van der Waals surface area contributed by atoms with E-state index in [2.05, 4.69) is 18.5 Å². The molecule has 0 aromatic heterocycles. The Kier molecular flexibility index (Phi) is 8.49. The number of thioether (sulfide) groups is 1. The number of rotatable bonds is 10. The van der Waals surface area contributed by atoms with Crippen LogP contribution >= 0.6 is 11.8 Å². The maximum Gasteiger partial charge on any atom is 0.123 e. The van der Waals surface area contributed by atoms with E-state index >= 15 is 0 Å². The van der Waals surface area contributed by atoms with Gasteiger partial charge in [0, 0.05) is 18.7 Å². The third-order valence-electron chi connectivity index (χ3n) is 2.94. The van der Waals surface area contributed by atoms with Crippen molar-refractivity contribution in [2.24, 2.45) is 0 Å². The first-order valence-corrected chi connectivity index (χ1v) is 8.22. The van der Waals surface area contributed by atoms with Crippen molar-refractivity contribution >= 4 is 11.8 Å². The van der Waals surface area contributed by atoms with Gasteiger partial charge in [-0.05, 0) is 37.5 Å². The van der Waals surface area contributed by atoms with E-state index in [1.165, 1.54) is 0 Å². The van der Waals surface area contributed by atoms with E-state index in [9.17, 15) is 5.11 Å². The summed E-state index contributed by atoms with van der Waals surface area (Å²) in [6.45, 7) is 2.95. The lowest BCUT2D eigenvalue weighted by Crippen LogP contribution is -2.36. The van der Waals surface area contributed by atoms with Crippen molar-refractivity contribution in [2.45, 2.75) is 25.5 Å². The van der Waals surface area contributed by atoms with Crippen molar-refractivity contribution in [1.29, 1.82) is 0 Å². The number of hydrogen-bond acceptors (Lipinski definition) is 5. The van der Waals surface area contributed by atoms with E-state index < -0.39 is 6.10 Å². The Hall–Kier alpha value is -0.910. The van der Waals surface area contributed by atoms with Gasteiger partial charge in [0.15, 0.2) is 0 Å².